The average molecular weight is 468 g/mol. The fraction of sp³-hybridized carbons (Fsp3) is 0.655. The molecule has 0 unspecified atom stereocenters. The summed E-state index contributed by atoms with van der Waals surface area (Å²) in [5.74, 6) is 0.969. The monoisotopic (exact) mass is 467 g/mol. The lowest BCUT2D eigenvalue weighted by Gasteiger charge is -2.08. The Morgan fingerprint density at radius 1 is 0.697 bits per heavy atom. The van der Waals surface area contributed by atoms with E-state index in [2.05, 4.69) is 43.4 Å². The van der Waals surface area contributed by atoms with Crippen molar-refractivity contribution in [1.82, 2.24) is 9.97 Å². The first-order valence-corrected chi connectivity index (χ1v) is 14.6. The molecule has 0 saturated carbocycles. The molecule has 0 bridgehead atoms. The molecule has 0 amide bonds. The van der Waals surface area contributed by atoms with Crippen molar-refractivity contribution in [3.05, 3.63) is 29.3 Å². The Labute approximate surface area is 205 Å². The van der Waals surface area contributed by atoms with E-state index in [9.17, 15) is 0 Å². The molecule has 0 atom stereocenters. The van der Waals surface area contributed by atoms with Gasteiger partial charge < -0.3 is 5.32 Å². The van der Waals surface area contributed by atoms with Gasteiger partial charge in [0, 0.05) is 11.9 Å². The van der Waals surface area contributed by atoms with Gasteiger partial charge >= 0.3 is 0 Å². The van der Waals surface area contributed by atoms with E-state index >= 15 is 0 Å². The maximum absolute atomic E-state index is 4.93. The van der Waals surface area contributed by atoms with Gasteiger partial charge in [0.2, 0.25) is 0 Å². The summed E-state index contributed by atoms with van der Waals surface area (Å²) in [6.07, 6.45) is 21.7. The van der Waals surface area contributed by atoms with Gasteiger partial charge in [-0.15, -0.1) is 11.3 Å². The van der Waals surface area contributed by atoms with Gasteiger partial charge in [-0.05, 0) is 25.3 Å². The summed E-state index contributed by atoms with van der Waals surface area (Å²) >= 11 is 1.84. The van der Waals surface area contributed by atoms with Gasteiger partial charge in [-0.3, -0.25) is 0 Å². The molecule has 182 valence electrons. The predicted octanol–water partition coefficient (Wildman–Crippen LogP) is 9.69. The second kappa shape index (κ2) is 15.3. The number of hydrogen-bond acceptors (Lipinski definition) is 4. The number of thiazole rings is 1. The van der Waals surface area contributed by atoms with Crippen LogP contribution in [0.4, 0.5) is 5.82 Å². The van der Waals surface area contributed by atoms with Crippen molar-refractivity contribution in [2.75, 3.05) is 11.9 Å². The van der Waals surface area contributed by atoms with Crippen molar-refractivity contribution < 1.29 is 0 Å². The Morgan fingerprint density at radius 3 is 1.94 bits per heavy atom. The molecule has 3 rings (SSSR count). The van der Waals surface area contributed by atoms with Crippen LogP contribution in [0.3, 0.4) is 0 Å². The summed E-state index contributed by atoms with van der Waals surface area (Å²) in [5.41, 5.74) is 2.13. The zero-order valence-corrected chi connectivity index (χ0v) is 21.9. The number of unbranched alkanes of at least 4 members (excludes halogenated alkanes) is 13. The van der Waals surface area contributed by atoms with Crippen LogP contribution in [0.5, 0.6) is 0 Å². The highest BCUT2D eigenvalue weighted by atomic mass is 32.1. The van der Waals surface area contributed by atoms with E-state index in [0.29, 0.717) is 0 Å². The number of pyridine rings is 1. The Kier molecular flexibility index (Phi) is 12.0. The van der Waals surface area contributed by atoms with Gasteiger partial charge in [-0.2, -0.15) is 0 Å². The SMILES string of the molecule is CCCCCCCCCCCCCCCCNc1nc2ccccc2c2sc(CCC)nc12. The van der Waals surface area contributed by atoms with Crippen molar-refractivity contribution in [1.29, 1.82) is 0 Å². The number of fused-ring (bicyclic) bond motifs is 3. The molecule has 0 radical (unpaired) electrons. The second-order valence-corrected chi connectivity index (χ2v) is 10.6. The molecule has 4 heteroatoms. The van der Waals surface area contributed by atoms with Crippen molar-refractivity contribution >= 4 is 38.3 Å². The summed E-state index contributed by atoms with van der Waals surface area (Å²) in [6.45, 7) is 5.50. The van der Waals surface area contributed by atoms with Crippen LogP contribution in [-0.2, 0) is 6.42 Å². The summed E-state index contributed by atoms with van der Waals surface area (Å²) in [4.78, 5) is 9.85. The number of rotatable bonds is 18. The average Bonchev–Trinajstić information content (AvgIpc) is 3.26. The molecule has 33 heavy (non-hydrogen) atoms. The van der Waals surface area contributed by atoms with Gasteiger partial charge in [0.1, 0.15) is 5.52 Å². The Hall–Kier alpha value is -1.68. The van der Waals surface area contributed by atoms with Gasteiger partial charge in [0.25, 0.3) is 0 Å². The normalized spacial score (nSPS) is 11.6. The summed E-state index contributed by atoms with van der Waals surface area (Å²) in [5, 5.41) is 6.07. The zero-order chi connectivity index (χ0) is 23.1. The third-order valence-electron chi connectivity index (χ3n) is 6.56. The second-order valence-electron chi connectivity index (χ2n) is 9.54. The first-order chi connectivity index (χ1) is 16.3. The molecule has 0 fully saturated rings. The molecule has 0 aliphatic heterocycles. The number of para-hydroxylation sites is 1. The Morgan fingerprint density at radius 2 is 1.30 bits per heavy atom. The zero-order valence-electron chi connectivity index (χ0n) is 21.1. The van der Waals surface area contributed by atoms with Crippen LogP contribution in [0.15, 0.2) is 24.3 Å². The van der Waals surface area contributed by atoms with Crippen molar-refractivity contribution in [3.63, 3.8) is 0 Å². The minimum atomic E-state index is 0.969. The molecule has 1 aromatic carbocycles. The van der Waals surface area contributed by atoms with Crippen LogP contribution in [0.1, 0.15) is 115 Å². The number of anilines is 1. The van der Waals surface area contributed by atoms with Gasteiger partial charge in [0.05, 0.1) is 15.2 Å². The Balaban J connectivity index is 1.32. The van der Waals surface area contributed by atoms with E-state index < -0.39 is 0 Å². The van der Waals surface area contributed by atoms with E-state index in [0.717, 1.165) is 36.2 Å². The maximum Gasteiger partial charge on any atom is 0.154 e. The number of nitrogens with zero attached hydrogens (tertiary/aromatic N) is 2. The van der Waals surface area contributed by atoms with Crippen LogP contribution in [-0.4, -0.2) is 16.5 Å². The number of aryl methyl sites for hydroxylation is 1. The standard InChI is InChI=1S/C29H45N3S/c1-3-5-6-7-8-9-10-11-12-13-14-15-16-19-23-30-29-27-28(33-26(32-27)20-4-2)24-21-17-18-22-25(24)31-29/h17-18,21-22H,3-16,19-20,23H2,1-2H3,(H,30,31). The van der Waals surface area contributed by atoms with E-state index in [-0.39, 0.29) is 0 Å². The minimum absolute atomic E-state index is 0.969. The molecule has 1 N–H and O–H groups in total. The highest BCUT2D eigenvalue weighted by molar-refractivity contribution is 7.19. The van der Waals surface area contributed by atoms with Crippen LogP contribution < -0.4 is 5.32 Å². The van der Waals surface area contributed by atoms with Crippen LogP contribution >= 0.6 is 11.3 Å². The van der Waals surface area contributed by atoms with Crippen LogP contribution in [0.25, 0.3) is 21.1 Å². The first kappa shape index (κ1) is 25.9. The number of benzene rings is 1. The highest BCUT2D eigenvalue weighted by Crippen LogP contribution is 2.34. The van der Waals surface area contributed by atoms with E-state index in [4.69, 9.17) is 9.97 Å². The highest BCUT2D eigenvalue weighted by Gasteiger charge is 2.13. The number of aromatic nitrogens is 2. The quantitative estimate of drug-likeness (QED) is 0.189. The molecule has 2 aromatic heterocycles. The lowest BCUT2D eigenvalue weighted by atomic mass is 10.0. The smallest absolute Gasteiger partial charge is 0.154 e. The fourth-order valence-electron chi connectivity index (χ4n) is 4.61. The fourth-order valence-corrected chi connectivity index (χ4v) is 5.81. The molecular weight excluding hydrogens is 422 g/mol. The molecule has 0 spiro atoms. The van der Waals surface area contributed by atoms with Crippen molar-refractivity contribution in [2.45, 2.75) is 117 Å². The largest absolute Gasteiger partial charge is 0.368 e. The topological polar surface area (TPSA) is 37.8 Å². The van der Waals surface area contributed by atoms with Crippen molar-refractivity contribution in [3.8, 4) is 0 Å². The molecule has 0 saturated heterocycles. The minimum Gasteiger partial charge on any atom is -0.368 e. The molecule has 3 aromatic rings. The third-order valence-corrected chi connectivity index (χ3v) is 7.71. The summed E-state index contributed by atoms with van der Waals surface area (Å²) in [7, 11) is 0. The molecular formula is C29H45N3S. The lowest BCUT2D eigenvalue weighted by molar-refractivity contribution is 0.537. The van der Waals surface area contributed by atoms with Gasteiger partial charge in [-0.1, -0.05) is 116 Å². The predicted molar refractivity (Wildman–Crippen MR) is 148 cm³/mol. The van der Waals surface area contributed by atoms with Gasteiger partial charge in [0.15, 0.2) is 5.82 Å². The number of nitrogens with one attached hydrogen (secondary N) is 1. The molecule has 0 aliphatic carbocycles. The van der Waals surface area contributed by atoms with E-state index in [1.165, 1.54) is 105 Å². The van der Waals surface area contributed by atoms with Crippen LogP contribution in [0.2, 0.25) is 0 Å². The summed E-state index contributed by atoms with van der Waals surface area (Å²) < 4.78 is 1.28. The van der Waals surface area contributed by atoms with Crippen LogP contribution in [0, 0.1) is 0 Å². The maximum atomic E-state index is 4.93. The lowest BCUT2D eigenvalue weighted by Crippen LogP contribution is -2.04. The van der Waals surface area contributed by atoms with E-state index in [1.54, 1.807) is 0 Å². The molecule has 0 aliphatic rings. The molecule has 3 nitrogen and oxygen atoms in total. The summed E-state index contributed by atoms with van der Waals surface area (Å²) in [6, 6.07) is 8.47. The third kappa shape index (κ3) is 8.55. The van der Waals surface area contributed by atoms with E-state index in [1.807, 2.05) is 11.3 Å². The van der Waals surface area contributed by atoms with Gasteiger partial charge in [-0.25, -0.2) is 9.97 Å². The number of hydrogen-bond donors (Lipinski definition) is 1. The van der Waals surface area contributed by atoms with Crippen molar-refractivity contribution in [2.24, 2.45) is 0 Å². The first-order valence-electron chi connectivity index (χ1n) is 13.8. The Bertz CT molecular complexity index is 933. The molecule has 2 heterocycles.